The summed E-state index contributed by atoms with van der Waals surface area (Å²) in [5.74, 6) is 0.363. The molecule has 0 saturated carbocycles. The zero-order valence-electron chi connectivity index (χ0n) is 19.4. The summed E-state index contributed by atoms with van der Waals surface area (Å²) >= 11 is 1.51. The number of nitrogens with zero attached hydrogens (tertiary/aromatic N) is 2. The topological polar surface area (TPSA) is 87.3 Å². The number of allylic oxidation sites excluding steroid dienone is 2. The molecule has 9 heteroatoms. The van der Waals surface area contributed by atoms with Gasteiger partial charge in [0.15, 0.2) is 10.9 Å². The first-order valence-corrected chi connectivity index (χ1v) is 12.7. The molecule has 1 aliphatic carbocycles. The zero-order valence-corrected chi connectivity index (χ0v) is 20.3. The fourth-order valence-electron chi connectivity index (χ4n) is 5.05. The summed E-state index contributed by atoms with van der Waals surface area (Å²) in [5, 5.41) is 3.88. The first-order chi connectivity index (χ1) is 16.3. The van der Waals surface area contributed by atoms with Crippen LogP contribution >= 0.6 is 11.8 Å². The molecule has 1 fully saturated rings. The minimum Gasteiger partial charge on any atom is -0.379 e. The van der Waals surface area contributed by atoms with Crippen LogP contribution in [-0.2, 0) is 9.53 Å². The van der Waals surface area contributed by atoms with Crippen molar-refractivity contribution in [2.24, 2.45) is 5.41 Å². The van der Waals surface area contributed by atoms with E-state index in [9.17, 15) is 14.0 Å². The van der Waals surface area contributed by atoms with Crippen LogP contribution in [-0.4, -0.2) is 59.3 Å². The van der Waals surface area contributed by atoms with E-state index in [2.05, 4.69) is 29.0 Å². The predicted octanol–water partition coefficient (Wildman–Crippen LogP) is 3.53. The summed E-state index contributed by atoms with van der Waals surface area (Å²) < 4.78 is 19.1. The van der Waals surface area contributed by atoms with Crippen LogP contribution < -0.4 is 10.9 Å². The third-order valence-electron chi connectivity index (χ3n) is 6.65. The second kappa shape index (κ2) is 9.28. The molecule has 2 aliphatic heterocycles. The number of ether oxygens (including phenoxy) is 1. The van der Waals surface area contributed by atoms with Gasteiger partial charge in [0.1, 0.15) is 11.6 Å². The molecule has 0 spiro atoms. The number of aromatic amines is 1. The molecule has 34 heavy (non-hydrogen) atoms. The number of carbonyl (C=O) groups excluding carboxylic acids is 1. The molecule has 180 valence electrons. The molecular formula is C25H29FN4O3S. The summed E-state index contributed by atoms with van der Waals surface area (Å²) in [7, 11) is 0. The number of aromatic nitrogens is 2. The van der Waals surface area contributed by atoms with E-state index in [1.807, 2.05) is 0 Å². The van der Waals surface area contributed by atoms with Crippen LogP contribution in [0.15, 0.2) is 45.5 Å². The first kappa shape index (κ1) is 23.3. The van der Waals surface area contributed by atoms with Crippen LogP contribution in [0, 0.1) is 11.2 Å². The van der Waals surface area contributed by atoms with E-state index in [0.29, 0.717) is 40.5 Å². The van der Waals surface area contributed by atoms with Crippen molar-refractivity contribution in [3.8, 4) is 0 Å². The number of hydrogen-bond donors (Lipinski definition) is 2. The maximum Gasteiger partial charge on any atom is 0.257 e. The lowest BCUT2D eigenvalue weighted by Gasteiger charge is -2.38. The summed E-state index contributed by atoms with van der Waals surface area (Å²) in [6.45, 7) is 8.35. The largest absolute Gasteiger partial charge is 0.379 e. The Labute approximate surface area is 202 Å². The molecule has 7 nitrogen and oxygen atoms in total. The van der Waals surface area contributed by atoms with Gasteiger partial charge in [0.25, 0.3) is 5.56 Å². The Morgan fingerprint density at radius 3 is 2.65 bits per heavy atom. The SMILES string of the molecule is CC1(C)CC(=O)C2=C(C1)Nc1nc(SCCN3CCOCC3)[nH]c(=O)c1[C@H]2c1ccc(F)cc1. The number of nitrogens with one attached hydrogen (secondary N) is 2. The predicted molar refractivity (Wildman–Crippen MR) is 130 cm³/mol. The van der Waals surface area contributed by atoms with E-state index in [0.717, 1.165) is 44.3 Å². The molecule has 2 N–H and O–H groups in total. The van der Waals surface area contributed by atoms with Crippen molar-refractivity contribution in [2.75, 3.05) is 43.9 Å². The number of carbonyl (C=O) groups is 1. The average Bonchev–Trinajstić information content (AvgIpc) is 2.78. The highest BCUT2D eigenvalue weighted by Crippen LogP contribution is 2.47. The van der Waals surface area contributed by atoms with E-state index in [-0.39, 0.29) is 22.6 Å². The average molecular weight is 485 g/mol. The van der Waals surface area contributed by atoms with Crippen LogP contribution in [0.2, 0.25) is 0 Å². The summed E-state index contributed by atoms with van der Waals surface area (Å²) in [6.07, 6.45) is 1.08. The second-order valence-electron chi connectivity index (χ2n) is 9.88. The fourth-order valence-corrected chi connectivity index (χ4v) is 5.91. The first-order valence-electron chi connectivity index (χ1n) is 11.7. The normalized spacial score (nSPS) is 22.2. The smallest absolute Gasteiger partial charge is 0.257 e. The number of Topliss-reactive ketones (excluding diaryl/α,β-unsaturated/α-hetero) is 1. The van der Waals surface area contributed by atoms with Gasteiger partial charge in [-0.3, -0.25) is 14.5 Å². The highest BCUT2D eigenvalue weighted by Gasteiger charge is 2.42. The lowest BCUT2D eigenvalue weighted by Crippen LogP contribution is -2.37. The zero-order chi connectivity index (χ0) is 23.9. The van der Waals surface area contributed by atoms with Crippen molar-refractivity contribution in [3.63, 3.8) is 0 Å². The minimum absolute atomic E-state index is 0.0158. The molecule has 1 atom stereocenters. The van der Waals surface area contributed by atoms with Crippen LogP contribution in [0.3, 0.4) is 0 Å². The van der Waals surface area contributed by atoms with Crippen molar-refractivity contribution in [2.45, 2.75) is 37.8 Å². The molecule has 0 amide bonds. The molecule has 0 unspecified atom stereocenters. The van der Waals surface area contributed by atoms with Crippen LogP contribution in [0.5, 0.6) is 0 Å². The Morgan fingerprint density at radius 2 is 1.91 bits per heavy atom. The fraction of sp³-hybridized carbons (Fsp3) is 0.480. The molecule has 1 saturated heterocycles. The molecule has 2 aromatic rings. The molecule has 1 aromatic carbocycles. The number of rotatable bonds is 5. The third kappa shape index (κ3) is 4.69. The number of H-pyrrole nitrogens is 1. The molecule has 3 aliphatic rings. The minimum atomic E-state index is -0.570. The Kier molecular flexibility index (Phi) is 6.35. The summed E-state index contributed by atoms with van der Waals surface area (Å²) in [6, 6.07) is 6.03. The van der Waals surface area contributed by atoms with E-state index in [1.165, 1.54) is 23.9 Å². The Morgan fingerprint density at radius 1 is 1.18 bits per heavy atom. The van der Waals surface area contributed by atoms with Crippen LogP contribution in [0.25, 0.3) is 0 Å². The van der Waals surface area contributed by atoms with Crippen molar-refractivity contribution in [1.82, 2.24) is 14.9 Å². The number of hydrogen-bond acceptors (Lipinski definition) is 7. The highest BCUT2D eigenvalue weighted by atomic mass is 32.2. The van der Waals surface area contributed by atoms with Gasteiger partial charge >= 0.3 is 0 Å². The Hall–Kier alpha value is -2.49. The second-order valence-corrected chi connectivity index (χ2v) is 11.0. The number of fused-ring (bicyclic) bond motifs is 1. The van der Waals surface area contributed by atoms with Crippen LogP contribution in [0.1, 0.15) is 43.7 Å². The summed E-state index contributed by atoms with van der Waals surface area (Å²) in [5.41, 5.74) is 2.07. The standard InChI is InChI=1S/C25H29FN4O3S/c1-25(2)13-17-20(18(31)14-25)19(15-3-5-16(26)6-4-15)21-22(27-17)28-24(29-23(21)32)34-12-9-30-7-10-33-11-8-30/h3-6,19H,7-14H2,1-2H3,(H2,27,28,29,32)/t19-/m0/s1. The summed E-state index contributed by atoms with van der Waals surface area (Å²) in [4.78, 5) is 36.6. The van der Waals surface area contributed by atoms with E-state index < -0.39 is 5.92 Å². The van der Waals surface area contributed by atoms with Gasteiger partial charge in [-0.05, 0) is 29.5 Å². The maximum atomic E-state index is 13.7. The van der Waals surface area contributed by atoms with Crippen LogP contribution in [0.4, 0.5) is 10.2 Å². The molecule has 5 rings (SSSR count). The quantitative estimate of drug-likeness (QED) is 0.496. The Balaban J connectivity index is 1.49. The van der Waals surface area contributed by atoms with E-state index >= 15 is 0 Å². The third-order valence-corrected chi connectivity index (χ3v) is 7.51. The lowest BCUT2D eigenvalue weighted by molar-refractivity contribution is -0.118. The van der Waals surface area contributed by atoms with Crippen molar-refractivity contribution >= 4 is 23.4 Å². The van der Waals surface area contributed by atoms with Crippen molar-refractivity contribution in [1.29, 1.82) is 0 Å². The number of benzene rings is 1. The number of anilines is 1. The van der Waals surface area contributed by atoms with Gasteiger partial charge < -0.3 is 15.0 Å². The maximum absolute atomic E-state index is 13.7. The molecule has 3 heterocycles. The van der Waals surface area contributed by atoms with Crippen molar-refractivity contribution in [3.05, 3.63) is 62.8 Å². The molecular weight excluding hydrogens is 455 g/mol. The van der Waals surface area contributed by atoms with Crippen molar-refractivity contribution < 1.29 is 13.9 Å². The van der Waals surface area contributed by atoms with Gasteiger partial charge in [0.2, 0.25) is 0 Å². The van der Waals surface area contributed by atoms with E-state index in [1.54, 1.807) is 12.1 Å². The number of morpholine rings is 1. The number of ketones is 1. The monoisotopic (exact) mass is 484 g/mol. The van der Waals surface area contributed by atoms with Gasteiger partial charge in [-0.1, -0.05) is 37.7 Å². The van der Waals surface area contributed by atoms with Gasteiger partial charge in [-0.2, -0.15) is 0 Å². The number of thioether (sulfide) groups is 1. The highest BCUT2D eigenvalue weighted by molar-refractivity contribution is 7.99. The molecule has 0 radical (unpaired) electrons. The van der Waals surface area contributed by atoms with Gasteiger partial charge in [-0.15, -0.1) is 0 Å². The van der Waals surface area contributed by atoms with Gasteiger partial charge in [0.05, 0.1) is 18.8 Å². The molecule has 0 bridgehead atoms. The Bertz CT molecular complexity index is 1190. The lowest BCUT2D eigenvalue weighted by atomic mass is 9.69. The van der Waals surface area contributed by atoms with Gasteiger partial charge in [-0.25, -0.2) is 9.37 Å². The van der Waals surface area contributed by atoms with E-state index in [4.69, 9.17) is 9.72 Å². The molecule has 1 aromatic heterocycles. The number of halogens is 1. The van der Waals surface area contributed by atoms with Gasteiger partial charge in [0, 0.05) is 49.0 Å².